The molecule has 20 rings (SSSR count). The Morgan fingerprint density at radius 3 is 1.11 bits per heavy atom. The summed E-state index contributed by atoms with van der Waals surface area (Å²) in [6.07, 6.45) is 0. The lowest BCUT2D eigenvalue weighted by Gasteiger charge is -2.28. The number of para-hydroxylation sites is 4. The largest absolute Gasteiger partial charge is 0.455 e. The van der Waals surface area contributed by atoms with Gasteiger partial charge in [-0.05, 0) is 196 Å². The van der Waals surface area contributed by atoms with Gasteiger partial charge in [0.2, 0.25) is 0 Å². The Bertz CT molecular complexity index is 6710. The number of furan rings is 2. The molecule has 0 N–H and O–H groups in total. The highest BCUT2D eigenvalue weighted by atomic mass is 16.3. The number of anilines is 6. The fourth-order valence-electron chi connectivity index (χ4n) is 15.9. The minimum Gasteiger partial charge on any atom is -0.455 e. The third-order valence-corrected chi connectivity index (χ3v) is 21.0. The average Bonchev–Trinajstić information content (AvgIpc) is 1.55. The molecule has 4 heteroatoms. The number of rotatable bonds is 13. The van der Waals surface area contributed by atoms with E-state index in [-0.39, 0.29) is 0 Å². The third kappa shape index (κ3) is 10.5. The Labute approximate surface area is 602 Å². The van der Waals surface area contributed by atoms with Gasteiger partial charge in [-0.3, -0.25) is 0 Å². The summed E-state index contributed by atoms with van der Waals surface area (Å²) in [5.41, 5.74) is 25.5. The van der Waals surface area contributed by atoms with Crippen LogP contribution in [0.1, 0.15) is 0 Å². The number of fused-ring (bicyclic) bond motifs is 10. The van der Waals surface area contributed by atoms with E-state index >= 15 is 0 Å². The first kappa shape index (κ1) is 60.2. The van der Waals surface area contributed by atoms with Crippen LogP contribution in [0, 0.1) is 0 Å². The highest BCUT2D eigenvalue weighted by Crippen LogP contribution is 2.49. The van der Waals surface area contributed by atoms with Crippen LogP contribution < -0.4 is 9.80 Å². The second-order valence-electron chi connectivity index (χ2n) is 27.1. The summed E-state index contributed by atoms with van der Waals surface area (Å²) in [4.78, 5) is 4.78. The van der Waals surface area contributed by atoms with Crippen LogP contribution in [-0.4, -0.2) is 0 Å². The standard InChI is InChI=1S/C100H64N2O2/c1-3-20-65(21-4-1)68-44-51-79(52-45-68)101(80-53-46-69(47-54-80)75-43-42-67-24-7-8-25-71(67)58-75)95-40-13-11-32-86(95)88-36-19-39-91-94-62-78-30-17-35-85(92(78)64-98(94)104-100(88)91)84-34-16-29-77-59-76(50-57-83(77)84)70-48-55-81(56-49-70)102(82-31-15-28-72(60-82)66-22-5-2-6-23-66)96-41-14-12-33-87(96)89-37-18-38-90-93-61-73-26-9-10-27-74(73)63-97(93)103-99(89)90/h1-64H. The predicted molar refractivity (Wildman–Crippen MR) is 438 cm³/mol. The van der Waals surface area contributed by atoms with Gasteiger partial charge in [0.1, 0.15) is 22.3 Å². The molecule has 0 bridgehead atoms. The number of hydrogen-bond acceptors (Lipinski definition) is 4. The van der Waals surface area contributed by atoms with Crippen LogP contribution in [-0.2, 0) is 0 Å². The second kappa shape index (κ2) is 25.1. The molecule has 0 fully saturated rings. The van der Waals surface area contributed by atoms with Crippen molar-refractivity contribution in [1.29, 1.82) is 0 Å². The minimum absolute atomic E-state index is 0.844. The van der Waals surface area contributed by atoms with Crippen molar-refractivity contribution in [1.82, 2.24) is 0 Å². The van der Waals surface area contributed by atoms with Crippen molar-refractivity contribution in [2.24, 2.45) is 0 Å². The first-order chi connectivity index (χ1) is 51.5. The van der Waals surface area contributed by atoms with E-state index in [0.717, 1.165) is 161 Å². The van der Waals surface area contributed by atoms with Crippen molar-refractivity contribution in [3.05, 3.63) is 388 Å². The summed E-state index contributed by atoms with van der Waals surface area (Å²) in [5.74, 6) is 0. The Morgan fingerprint density at radius 2 is 0.519 bits per heavy atom. The maximum atomic E-state index is 7.23. The molecular weight excluding hydrogens is 1260 g/mol. The molecule has 0 saturated carbocycles. The van der Waals surface area contributed by atoms with Crippen LogP contribution in [0.25, 0.3) is 165 Å². The normalized spacial score (nSPS) is 11.7. The van der Waals surface area contributed by atoms with Gasteiger partial charge in [-0.25, -0.2) is 0 Å². The van der Waals surface area contributed by atoms with Crippen molar-refractivity contribution in [2.75, 3.05) is 9.80 Å². The molecule has 20 aromatic rings. The van der Waals surface area contributed by atoms with Crippen LogP contribution >= 0.6 is 0 Å². The zero-order valence-electron chi connectivity index (χ0n) is 56.7. The smallest absolute Gasteiger partial charge is 0.143 e. The molecule has 0 saturated heterocycles. The van der Waals surface area contributed by atoms with Crippen LogP contribution in [0.15, 0.2) is 397 Å². The Balaban J connectivity index is 0.649. The van der Waals surface area contributed by atoms with Gasteiger partial charge in [0, 0.05) is 66.5 Å². The lowest BCUT2D eigenvalue weighted by molar-refractivity contribution is 0.670. The molecule has 104 heavy (non-hydrogen) atoms. The predicted octanol–water partition coefficient (Wildman–Crippen LogP) is 28.7. The Hall–Kier alpha value is -13.8. The maximum Gasteiger partial charge on any atom is 0.143 e. The van der Waals surface area contributed by atoms with E-state index in [0.29, 0.717) is 0 Å². The molecule has 0 radical (unpaired) electrons. The van der Waals surface area contributed by atoms with Crippen molar-refractivity contribution < 1.29 is 8.83 Å². The molecule has 486 valence electrons. The number of nitrogens with zero attached hydrogens (tertiary/aromatic N) is 2. The van der Waals surface area contributed by atoms with Gasteiger partial charge < -0.3 is 18.6 Å². The molecule has 0 amide bonds. The zero-order chi connectivity index (χ0) is 68.6. The highest BCUT2D eigenvalue weighted by Gasteiger charge is 2.25. The fourth-order valence-corrected chi connectivity index (χ4v) is 15.9. The van der Waals surface area contributed by atoms with E-state index in [1.54, 1.807) is 0 Å². The lowest BCUT2D eigenvalue weighted by Crippen LogP contribution is -2.11. The van der Waals surface area contributed by atoms with E-state index in [1.807, 2.05) is 0 Å². The third-order valence-electron chi connectivity index (χ3n) is 21.0. The number of benzene rings is 18. The van der Waals surface area contributed by atoms with Crippen LogP contribution in [0.5, 0.6) is 0 Å². The fraction of sp³-hybridized carbons (Fsp3) is 0. The summed E-state index contributed by atoms with van der Waals surface area (Å²) < 4.78 is 14.1. The molecule has 4 nitrogen and oxygen atoms in total. The van der Waals surface area contributed by atoms with E-state index in [1.165, 1.54) is 38.2 Å². The Kier molecular flexibility index (Phi) is 14.5. The molecule has 0 aliphatic carbocycles. The molecule has 2 aromatic heterocycles. The van der Waals surface area contributed by atoms with Gasteiger partial charge in [0.05, 0.1) is 11.4 Å². The van der Waals surface area contributed by atoms with Crippen molar-refractivity contribution in [3.63, 3.8) is 0 Å². The van der Waals surface area contributed by atoms with Gasteiger partial charge in [-0.1, -0.05) is 291 Å². The van der Waals surface area contributed by atoms with E-state index in [9.17, 15) is 0 Å². The molecule has 2 heterocycles. The first-order valence-electron chi connectivity index (χ1n) is 35.6. The molecule has 0 atom stereocenters. The summed E-state index contributed by atoms with van der Waals surface area (Å²) in [6, 6.07) is 141. The van der Waals surface area contributed by atoms with E-state index < -0.39 is 0 Å². The van der Waals surface area contributed by atoms with Crippen molar-refractivity contribution in [3.8, 4) is 77.9 Å². The lowest BCUT2D eigenvalue weighted by atomic mass is 9.92. The molecule has 0 unspecified atom stereocenters. The maximum absolute atomic E-state index is 7.23. The summed E-state index contributed by atoms with van der Waals surface area (Å²) in [5, 5.41) is 13.8. The van der Waals surface area contributed by atoms with Gasteiger partial charge in [0.25, 0.3) is 0 Å². The SMILES string of the molecule is c1ccc(-c2ccc(N(c3ccc(-c4ccc5ccccc5c4)cc3)c3ccccc3-c3cccc4c3oc3cc5c(-c6cccc7cc(-c8ccc(N(c9cccc(-c%10ccccc%10)c9)c9ccccc9-c9cccc%10c9oc9cc%11ccccc%11cc9%10)cc8)ccc67)cccc5cc34)cc2)cc1. The first-order valence-corrected chi connectivity index (χ1v) is 35.6. The van der Waals surface area contributed by atoms with Crippen LogP contribution in [0.3, 0.4) is 0 Å². The average molecular weight is 1330 g/mol. The summed E-state index contributed by atoms with van der Waals surface area (Å²) >= 11 is 0. The summed E-state index contributed by atoms with van der Waals surface area (Å²) in [6.45, 7) is 0. The monoisotopic (exact) mass is 1320 g/mol. The van der Waals surface area contributed by atoms with Gasteiger partial charge in [-0.15, -0.1) is 0 Å². The topological polar surface area (TPSA) is 32.8 Å². The van der Waals surface area contributed by atoms with Crippen molar-refractivity contribution >= 4 is 121 Å². The Morgan fingerprint density at radius 1 is 0.163 bits per heavy atom. The van der Waals surface area contributed by atoms with Gasteiger partial charge >= 0.3 is 0 Å². The second-order valence-corrected chi connectivity index (χ2v) is 27.1. The highest BCUT2D eigenvalue weighted by molar-refractivity contribution is 6.18. The molecular formula is C100H64N2O2. The van der Waals surface area contributed by atoms with Crippen molar-refractivity contribution in [2.45, 2.75) is 0 Å². The van der Waals surface area contributed by atoms with E-state index in [2.05, 4.69) is 398 Å². The molecule has 0 spiro atoms. The molecule has 0 aliphatic heterocycles. The van der Waals surface area contributed by atoms with Gasteiger partial charge in [-0.2, -0.15) is 0 Å². The quantitative estimate of drug-likeness (QED) is 0.115. The van der Waals surface area contributed by atoms with Crippen LogP contribution in [0.2, 0.25) is 0 Å². The zero-order valence-corrected chi connectivity index (χ0v) is 56.7. The molecule has 0 aliphatic rings. The van der Waals surface area contributed by atoms with E-state index in [4.69, 9.17) is 8.83 Å². The molecule has 18 aromatic carbocycles. The van der Waals surface area contributed by atoms with Gasteiger partial charge in [0.15, 0.2) is 0 Å². The minimum atomic E-state index is 0.844. The van der Waals surface area contributed by atoms with Crippen LogP contribution in [0.4, 0.5) is 34.1 Å². The number of hydrogen-bond donors (Lipinski definition) is 0. The summed E-state index contributed by atoms with van der Waals surface area (Å²) in [7, 11) is 0.